The van der Waals surface area contributed by atoms with E-state index in [4.69, 9.17) is 9.47 Å². The van der Waals surface area contributed by atoms with Crippen LogP contribution in [0.2, 0.25) is 0 Å². The second kappa shape index (κ2) is 12.2. The zero-order valence-corrected chi connectivity index (χ0v) is 21.8. The van der Waals surface area contributed by atoms with Crippen molar-refractivity contribution < 1.29 is 24.1 Å². The van der Waals surface area contributed by atoms with Crippen molar-refractivity contribution in [3.05, 3.63) is 65.2 Å². The number of carbonyl (C=O) groups is 1. The van der Waals surface area contributed by atoms with Crippen LogP contribution in [0.4, 0.5) is 0 Å². The molecular weight excluding hydrogens is 450 g/mol. The van der Waals surface area contributed by atoms with Gasteiger partial charge in [0.2, 0.25) is 0 Å². The highest BCUT2D eigenvalue weighted by atomic mass is 16.5. The van der Waals surface area contributed by atoms with Gasteiger partial charge in [-0.25, -0.2) is 0 Å². The monoisotopic (exact) mass is 493 g/mol. The van der Waals surface area contributed by atoms with Crippen LogP contribution < -0.4 is 14.5 Å². The van der Waals surface area contributed by atoms with E-state index in [1.807, 2.05) is 6.07 Å². The van der Waals surface area contributed by atoms with Gasteiger partial charge in [0, 0.05) is 36.9 Å². The van der Waals surface area contributed by atoms with Crippen LogP contribution in [0.5, 0.6) is 5.75 Å². The minimum atomic E-state index is 0.114. The third-order valence-electron chi connectivity index (χ3n) is 8.32. The average molecular weight is 494 g/mol. The van der Waals surface area contributed by atoms with Gasteiger partial charge in [-0.05, 0) is 43.5 Å². The van der Waals surface area contributed by atoms with Gasteiger partial charge in [-0.2, -0.15) is 0 Å². The Morgan fingerprint density at radius 1 is 1.03 bits per heavy atom. The van der Waals surface area contributed by atoms with Crippen molar-refractivity contribution in [2.75, 3.05) is 39.3 Å². The Kier molecular flexibility index (Phi) is 8.57. The normalized spacial score (nSPS) is 26.5. The molecule has 6 nitrogen and oxygen atoms in total. The molecule has 0 bridgehead atoms. The minimum absolute atomic E-state index is 0.114. The standard InChI is InChI=1S/C30H41N3O3/c1-2-32-15-7-6-10-28(32)30(34)33-18-19-35-29-12-11-25(20-26(29)22-33)21-31-16-13-27(14-17-31)36-23-24-8-4-3-5-9-24/h3-5,8-9,11-12,20,27-28H,2,6-7,10,13-19,21-23H2,1H3/p+2. The molecule has 2 saturated heterocycles. The zero-order chi connectivity index (χ0) is 24.7. The summed E-state index contributed by atoms with van der Waals surface area (Å²) in [4.78, 5) is 18.6. The second-order valence-corrected chi connectivity index (χ2v) is 10.8. The summed E-state index contributed by atoms with van der Waals surface area (Å²) in [6.45, 7) is 10.3. The lowest BCUT2D eigenvalue weighted by Crippen LogP contribution is -3.17. The van der Waals surface area contributed by atoms with E-state index in [9.17, 15) is 4.79 Å². The van der Waals surface area contributed by atoms with Gasteiger partial charge in [-0.1, -0.05) is 30.3 Å². The molecule has 2 unspecified atom stereocenters. The van der Waals surface area contributed by atoms with Gasteiger partial charge in [0.25, 0.3) is 5.91 Å². The van der Waals surface area contributed by atoms with Crippen LogP contribution in [0, 0.1) is 0 Å². The number of likely N-dealkylation sites (N-methyl/N-ethyl adjacent to an activating group) is 1. The Labute approximate surface area is 216 Å². The molecule has 3 aliphatic heterocycles. The number of rotatable bonds is 7. The first-order valence-corrected chi connectivity index (χ1v) is 14.1. The quantitative estimate of drug-likeness (QED) is 0.617. The van der Waals surface area contributed by atoms with Crippen LogP contribution in [0.1, 0.15) is 55.7 Å². The Balaban J connectivity index is 1.15. The van der Waals surface area contributed by atoms with E-state index in [1.165, 1.54) is 28.9 Å². The first kappa shape index (κ1) is 25.2. The van der Waals surface area contributed by atoms with Crippen molar-refractivity contribution in [1.29, 1.82) is 0 Å². The first-order valence-electron chi connectivity index (χ1n) is 14.1. The molecule has 2 fully saturated rings. The van der Waals surface area contributed by atoms with E-state index in [0.717, 1.165) is 63.3 Å². The summed E-state index contributed by atoms with van der Waals surface area (Å²) >= 11 is 0. The fourth-order valence-corrected chi connectivity index (χ4v) is 6.19. The van der Waals surface area contributed by atoms with Crippen molar-refractivity contribution in [1.82, 2.24) is 4.90 Å². The topological polar surface area (TPSA) is 47.7 Å². The van der Waals surface area contributed by atoms with Gasteiger partial charge < -0.3 is 24.2 Å². The molecule has 1 amide bonds. The van der Waals surface area contributed by atoms with Crippen LogP contribution in [-0.4, -0.2) is 62.3 Å². The number of piperidine rings is 2. The fraction of sp³-hybridized carbons (Fsp3) is 0.567. The lowest BCUT2D eigenvalue weighted by Gasteiger charge is -2.34. The number of benzene rings is 2. The van der Waals surface area contributed by atoms with Gasteiger partial charge in [0.05, 0.1) is 45.4 Å². The van der Waals surface area contributed by atoms with Crippen molar-refractivity contribution in [2.24, 2.45) is 0 Å². The van der Waals surface area contributed by atoms with E-state index in [1.54, 1.807) is 4.90 Å². The SMILES string of the molecule is CC[NH+]1CCCCC1C(=O)N1CCOc2ccc(C[NH+]3CCC(OCc4ccccc4)CC3)cc2C1. The summed E-state index contributed by atoms with van der Waals surface area (Å²) in [5.41, 5.74) is 3.75. The number of fused-ring (bicyclic) bond motifs is 1. The number of hydrogen-bond acceptors (Lipinski definition) is 3. The molecule has 2 aromatic rings. The Morgan fingerprint density at radius 2 is 1.86 bits per heavy atom. The largest absolute Gasteiger partial charge is 0.491 e. The number of ether oxygens (including phenoxy) is 2. The van der Waals surface area contributed by atoms with E-state index >= 15 is 0 Å². The number of quaternary nitrogens is 2. The van der Waals surface area contributed by atoms with E-state index in [2.05, 4.69) is 54.3 Å². The van der Waals surface area contributed by atoms with Crippen molar-refractivity contribution >= 4 is 5.91 Å². The highest BCUT2D eigenvalue weighted by Crippen LogP contribution is 2.25. The Bertz CT molecular complexity index is 990. The summed E-state index contributed by atoms with van der Waals surface area (Å²) in [7, 11) is 0. The van der Waals surface area contributed by atoms with Crippen molar-refractivity contribution in [3.63, 3.8) is 0 Å². The first-order chi connectivity index (χ1) is 17.7. The maximum atomic E-state index is 13.5. The minimum Gasteiger partial charge on any atom is -0.491 e. The molecule has 0 aliphatic carbocycles. The molecule has 3 aliphatic rings. The van der Waals surface area contributed by atoms with E-state index < -0.39 is 0 Å². The molecule has 2 atom stereocenters. The summed E-state index contributed by atoms with van der Waals surface area (Å²) < 4.78 is 12.3. The van der Waals surface area contributed by atoms with Gasteiger partial charge in [0.15, 0.2) is 6.04 Å². The van der Waals surface area contributed by atoms with Crippen LogP contribution in [0.15, 0.2) is 48.5 Å². The lowest BCUT2D eigenvalue weighted by molar-refractivity contribution is -0.919. The van der Waals surface area contributed by atoms with Gasteiger partial charge in [-0.3, -0.25) is 4.79 Å². The predicted octanol–water partition coefficient (Wildman–Crippen LogP) is 1.63. The molecule has 5 rings (SSSR count). The number of carbonyl (C=O) groups excluding carboxylic acids is 1. The maximum Gasteiger partial charge on any atom is 0.281 e. The number of nitrogens with one attached hydrogen (secondary N) is 2. The summed E-state index contributed by atoms with van der Waals surface area (Å²) in [6, 6.07) is 17.2. The Morgan fingerprint density at radius 3 is 2.67 bits per heavy atom. The molecule has 2 N–H and O–H groups in total. The molecule has 6 heteroatoms. The van der Waals surface area contributed by atoms with Crippen molar-refractivity contribution in [2.45, 2.75) is 70.9 Å². The molecule has 36 heavy (non-hydrogen) atoms. The summed E-state index contributed by atoms with van der Waals surface area (Å²) in [5, 5.41) is 0. The number of hydrogen-bond donors (Lipinski definition) is 2. The number of likely N-dealkylation sites (tertiary alicyclic amines) is 2. The zero-order valence-electron chi connectivity index (χ0n) is 21.8. The molecule has 3 heterocycles. The number of nitrogens with zero attached hydrogens (tertiary/aromatic N) is 1. The average Bonchev–Trinajstić information content (AvgIpc) is 3.15. The third-order valence-corrected chi connectivity index (χ3v) is 8.32. The second-order valence-electron chi connectivity index (χ2n) is 10.8. The molecule has 0 aromatic heterocycles. The smallest absolute Gasteiger partial charge is 0.281 e. The van der Waals surface area contributed by atoms with Crippen LogP contribution in [-0.2, 0) is 29.2 Å². The molecule has 0 radical (unpaired) electrons. The highest BCUT2D eigenvalue weighted by Gasteiger charge is 2.35. The third kappa shape index (κ3) is 6.28. The number of amides is 1. The summed E-state index contributed by atoms with van der Waals surface area (Å²) in [5.74, 6) is 1.26. The van der Waals surface area contributed by atoms with Crippen LogP contribution in [0.3, 0.4) is 0 Å². The molecule has 194 valence electrons. The predicted molar refractivity (Wildman–Crippen MR) is 140 cm³/mol. The molecular formula is C30H43N3O3+2. The lowest BCUT2D eigenvalue weighted by atomic mass is 10.0. The van der Waals surface area contributed by atoms with E-state index in [-0.39, 0.29) is 6.04 Å². The van der Waals surface area contributed by atoms with Gasteiger partial charge >= 0.3 is 0 Å². The van der Waals surface area contributed by atoms with Gasteiger partial charge in [0.1, 0.15) is 18.9 Å². The highest BCUT2D eigenvalue weighted by molar-refractivity contribution is 5.80. The molecule has 2 aromatic carbocycles. The van der Waals surface area contributed by atoms with Crippen LogP contribution >= 0.6 is 0 Å². The molecule has 0 spiro atoms. The molecule has 0 saturated carbocycles. The van der Waals surface area contributed by atoms with Gasteiger partial charge in [-0.15, -0.1) is 0 Å². The van der Waals surface area contributed by atoms with Crippen molar-refractivity contribution in [3.8, 4) is 5.75 Å². The Hall–Kier alpha value is -2.41. The van der Waals surface area contributed by atoms with E-state index in [0.29, 0.717) is 38.3 Å². The maximum absolute atomic E-state index is 13.5. The fourth-order valence-electron chi connectivity index (χ4n) is 6.19. The summed E-state index contributed by atoms with van der Waals surface area (Å²) in [6.07, 6.45) is 5.99. The van der Waals surface area contributed by atoms with Crippen LogP contribution in [0.25, 0.3) is 0 Å².